The van der Waals surface area contributed by atoms with Crippen LogP contribution in [0.5, 0.6) is 5.75 Å². The molecule has 1 amide bonds. The van der Waals surface area contributed by atoms with E-state index in [4.69, 9.17) is 9.84 Å². The largest absolute Gasteiger partial charge is 0.483 e. The van der Waals surface area contributed by atoms with E-state index >= 15 is 0 Å². The van der Waals surface area contributed by atoms with Crippen molar-refractivity contribution in [2.24, 2.45) is 0 Å². The Bertz CT molecular complexity index is 561. The van der Waals surface area contributed by atoms with Crippen molar-refractivity contribution in [3.8, 4) is 5.75 Å². The number of rotatable bonds is 4. The highest BCUT2D eigenvalue weighted by Gasteiger charge is 2.39. The number of hydrogen-bond acceptors (Lipinski definition) is 4. The van der Waals surface area contributed by atoms with Gasteiger partial charge in [0.1, 0.15) is 11.8 Å². The molecule has 1 saturated heterocycles. The van der Waals surface area contributed by atoms with Crippen LogP contribution < -0.4 is 4.74 Å². The zero-order chi connectivity index (χ0) is 15.6. The second-order valence-corrected chi connectivity index (χ2v) is 6.49. The van der Waals surface area contributed by atoms with E-state index in [2.05, 4.69) is 0 Å². The van der Waals surface area contributed by atoms with Gasteiger partial charge in [-0.15, -0.1) is 11.8 Å². The van der Waals surface area contributed by atoms with Crippen LogP contribution in [0.4, 0.5) is 0 Å². The first-order chi connectivity index (χ1) is 9.90. The Hall–Kier alpha value is -1.69. The van der Waals surface area contributed by atoms with Crippen LogP contribution in [0.1, 0.15) is 18.1 Å². The summed E-state index contributed by atoms with van der Waals surface area (Å²) in [6.45, 7) is 5.56. The molecule has 114 valence electrons. The number of aryl methyl sites for hydroxylation is 2. The zero-order valence-corrected chi connectivity index (χ0v) is 13.1. The van der Waals surface area contributed by atoms with Gasteiger partial charge in [0.05, 0.1) is 5.37 Å². The molecule has 6 heteroatoms. The standard InChI is InChI=1S/C15H19NO4S/c1-9-4-5-10(2)13(6-9)20-7-14(17)16-11(3)21-8-12(16)15(18)19/h4-6,11-12H,7-8H2,1-3H3,(H,18,19). The second kappa shape index (κ2) is 6.39. The first kappa shape index (κ1) is 15.7. The third kappa shape index (κ3) is 3.50. The van der Waals surface area contributed by atoms with Gasteiger partial charge in [-0.05, 0) is 38.0 Å². The molecule has 1 N–H and O–H groups in total. The summed E-state index contributed by atoms with van der Waals surface area (Å²) in [5, 5.41) is 9.03. The molecule has 0 aromatic heterocycles. The smallest absolute Gasteiger partial charge is 0.327 e. The Labute approximate surface area is 128 Å². The molecule has 5 nitrogen and oxygen atoms in total. The van der Waals surface area contributed by atoms with E-state index in [0.29, 0.717) is 11.5 Å². The van der Waals surface area contributed by atoms with Crippen molar-refractivity contribution in [1.29, 1.82) is 0 Å². The van der Waals surface area contributed by atoms with Crippen LogP contribution in [0.2, 0.25) is 0 Å². The predicted molar refractivity (Wildman–Crippen MR) is 81.6 cm³/mol. The lowest BCUT2D eigenvalue weighted by atomic mass is 10.1. The highest BCUT2D eigenvalue weighted by molar-refractivity contribution is 8.00. The molecule has 1 aliphatic heterocycles. The number of amides is 1. The molecular weight excluding hydrogens is 290 g/mol. The topological polar surface area (TPSA) is 66.8 Å². The summed E-state index contributed by atoms with van der Waals surface area (Å²) in [4.78, 5) is 24.9. The van der Waals surface area contributed by atoms with E-state index in [-0.39, 0.29) is 17.9 Å². The monoisotopic (exact) mass is 309 g/mol. The Balaban J connectivity index is 2.04. The van der Waals surface area contributed by atoms with E-state index in [1.54, 1.807) is 0 Å². The fraction of sp³-hybridized carbons (Fsp3) is 0.467. The van der Waals surface area contributed by atoms with Gasteiger partial charge in [0.15, 0.2) is 6.61 Å². The maximum Gasteiger partial charge on any atom is 0.327 e. The van der Waals surface area contributed by atoms with Gasteiger partial charge in [-0.2, -0.15) is 0 Å². The average Bonchev–Trinajstić information content (AvgIpc) is 2.81. The van der Waals surface area contributed by atoms with Crippen LogP contribution in [-0.2, 0) is 9.59 Å². The second-order valence-electron chi connectivity index (χ2n) is 5.15. The van der Waals surface area contributed by atoms with Crippen molar-refractivity contribution in [2.75, 3.05) is 12.4 Å². The molecule has 1 aromatic rings. The first-order valence-corrected chi connectivity index (χ1v) is 7.80. The van der Waals surface area contributed by atoms with E-state index < -0.39 is 12.0 Å². The minimum absolute atomic E-state index is 0.138. The van der Waals surface area contributed by atoms with Crippen molar-refractivity contribution in [3.63, 3.8) is 0 Å². The van der Waals surface area contributed by atoms with Crippen LogP contribution in [-0.4, -0.2) is 45.7 Å². The summed E-state index contributed by atoms with van der Waals surface area (Å²) in [5.41, 5.74) is 2.00. The molecule has 1 aliphatic rings. The van der Waals surface area contributed by atoms with Gasteiger partial charge in [-0.25, -0.2) is 4.79 Å². The molecule has 0 aliphatic carbocycles. The van der Waals surface area contributed by atoms with Crippen LogP contribution in [0, 0.1) is 13.8 Å². The lowest BCUT2D eigenvalue weighted by molar-refractivity contribution is -0.149. The summed E-state index contributed by atoms with van der Waals surface area (Å²) < 4.78 is 5.57. The number of thioether (sulfide) groups is 1. The van der Waals surface area contributed by atoms with Crippen LogP contribution in [0.15, 0.2) is 18.2 Å². The lowest BCUT2D eigenvalue weighted by Crippen LogP contribution is -2.46. The Morgan fingerprint density at radius 2 is 2.14 bits per heavy atom. The molecule has 0 bridgehead atoms. The highest BCUT2D eigenvalue weighted by Crippen LogP contribution is 2.29. The number of carboxylic acid groups (broad SMARTS) is 1. The predicted octanol–water partition coefficient (Wildman–Crippen LogP) is 2.06. The van der Waals surface area contributed by atoms with Gasteiger partial charge >= 0.3 is 5.97 Å². The number of nitrogens with zero attached hydrogens (tertiary/aromatic N) is 1. The molecular formula is C15H19NO4S. The SMILES string of the molecule is Cc1ccc(C)c(OCC(=O)N2C(C)SCC2C(=O)O)c1. The first-order valence-electron chi connectivity index (χ1n) is 6.75. The molecule has 1 aromatic carbocycles. The summed E-state index contributed by atoms with van der Waals surface area (Å²) >= 11 is 1.47. The van der Waals surface area contributed by atoms with Gasteiger partial charge in [0.25, 0.3) is 5.91 Å². The number of hydrogen-bond donors (Lipinski definition) is 1. The fourth-order valence-electron chi connectivity index (χ4n) is 2.29. The van der Waals surface area contributed by atoms with Gasteiger partial charge in [0.2, 0.25) is 0 Å². The van der Waals surface area contributed by atoms with Gasteiger partial charge in [0, 0.05) is 5.75 Å². The average molecular weight is 309 g/mol. The number of aliphatic carboxylic acids is 1. The summed E-state index contributed by atoms with van der Waals surface area (Å²) in [7, 11) is 0. The maximum atomic E-state index is 12.3. The van der Waals surface area contributed by atoms with Crippen molar-refractivity contribution in [3.05, 3.63) is 29.3 Å². The number of ether oxygens (including phenoxy) is 1. The maximum absolute atomic E-state index is 12.3. The van der Waals surface area contributed by atoms with Gasteiger partial charge in [-0.3, -0.25) is 4.79 Å². The van der Waals surface area contributed by atoms with Crippen LogP contribution in [0.3, 0.4) is 0 Å². The molecule has 2 rings (SSSR count). The van der Waals surface area contributed by atoms with E-state index in [0.717, 1.165) is 11.1 Å². The highest BCUT2D eigenvalue weighted by atomic mass is 32.2. The van der Waals surface area contributed by atoms with E-state index in [9.17, 15) is 9.59 Å². The quantitative estimate of drug-likeness (QED) is 0.922. The number of carbonyl (C=O) groups excluding carboxylic acids is 1. The fourth-order valence-corrected chi connectivity index (χ4v) is 3.48. The number of carbonyl (C=O) groups is 2. The lowest BCUT2D eigenvalue weighted by Gasteiger charge is -2.25. The normalized spacial score (nSPS) is 21.4. The van der Waals surface area contributed by atoms with E-state index in [1.165, 1.54) is 16.7 Å². The summed E-state index contributed by atoms with van der Waals surface area (Å²) in [6, 6.07) is 5.02. The number of carboxylic acids is 1. The summed E-state index contributed by atoms with van der Waals surface area (Å²) in [5.74, 6) is -0.173. The molecule has 0 saturated carbocycles. The third-order valence-corrected chi connectivity index (χ3v) is 4.71. The van der Waals surface area contributed by atoms with Crippen LogP contribution >= 0.6 is 11.8 Å². The third-order valence-electron chi connectivity index (χ3n) is 3.49. The van der Waals surface area contributed by atoms with Crippen LogP contribution in [0.25, 0.3) is 0 Å². The Kier molecular flexibility index (Phi) is 4.77. The molecule has 21 heavy (non-hydrogen) atoms. The molecule has 1 fully saturated rings. The van der Waals surface area contributed by atoms with Gasteiger partial charge < -0.3 is 14.7 Å². The zero-order valence-electron chi connectivity index (χ0n) is 12.3. The van der Waals surface area contributed by atoms with Gasteiger partial charge in [-0.1, -0.05) is 12.1 Å². The molecule has 0 radical (unpaired) electrons. The number of benzene rings is 1. The minimum Gasteiger partial charge on any atom is -0.483 e. The Morgan fingerprint density at radius 1 is 1.43 bits per heavy atom. The molecule has 0 spiro atoms. The van der Waals surface area contributed by atoms with E-state index in [1.807, 2.05) is 39.0 Å². The molecule has 1 heterocycles. The minimum atomic E-state index is -0.966. The summed E-state index contributed by atoms with van der Waals surface area (Å²) in [6.07, 6.45) is 0. The Morgan fingerprint density at radius 3 is 2.81 bits per heavy atom. The van der Waals surface area contributed by atoms with Crippen molar-refractivity contribution >= 4 is 23.6 Å². The van der Waals surface area contributed by atoms with Crippen molar-refractivity contribution in [1.82, 2.24) is 4.90 Å². The van der Waals surface area contributed by atoms with Crippen molar-refractivity contribution < 1.29 is 19.4 Å². The molecule has 2 unspecified atom stereocenters. The van der Waals surface area contributed by atoms with Crippen molar-refractivity contribution in [2.45, 2.75) is 32.2 Å². The molecule has 2 atom stereocenters.